The number of aromatic amines is 1. The van der Waals surface area contributed by atoms with Crippen LogP contribution in [0.3, 0.4) is 0 Å². The summed E-state index contributed by atoms with van der Waals surface area (Å²) in [6.45, 7) is 1.37. The number of hydrogen-bond acceptors (Lipinski definition) is 3. The van der Waals surface area contributed by atoms with Gasteiger partial charge in [0.25, 0.3) is 0 Å². The molecule has 6 nitrogen and oxygen atoms in total. The van der Waals surface area contributed by atoms with E-state index in [-0.39, 0.29) is 36.5 Å². The minimum atomic E-state index is -0.617. The summed E-state index contributed by atoms with van der Waals surface area (Å²) in [6, 6.07) is 18.3. The van der Waals surface area contributed by atoms with Crippen molar-refractivity contribution in [3.05, 3.63) is 106 Å². The molecule has 41 heavy (non-hydrogen) atoms. The number of aromatic nitrogens is 1. The SMILES string of the molecule is O=C1[C@@H]2Cc3c([nH]c4ccccc34)[C@@H](c3ccc(Cl)cc3)N2C(=O)CN1C1CCN(Cc2c(F)cccc2F)CC1. The second kappa shape index (κ2) is 10.3. The maximum atomic E-state index is 14.2. The lowest BCUT2D eigenvalue weighted by Crippen LogP contribution is -2.65. The quantitative estimate of drug-likeness (QED) is 0.353. The number of hydrogen-bond donors (Lipinski definition) is 1. The number of rotatable bonds is 4. The molecule has 4 heterocycles. The molecule has 7 rings (SSSR count). The number of amides is 2. The molecule has 9 heteroatoms. The Balaban J connectivity index is 1.16. The number of nitrogens with zero attached hydrogens (tertiary/aromatic N) is 3. The van der Waals surface area contributed by atoms with Crippen LogP contribution in [0.15, 0.2) is 66.7 Å². The third-order valence-electron chi connectivity index (χ3n) is 8.92. The Labute approximate surface area is 241 Å². The number of piperazine rings is 1. The van der Waals surface area contributed by atoms with Crippen molar-refractivity contribution in [3.63, 3.8) is 0 Å². The van der Waals surface area contributed by atoms with E-state index in [1.165, 1.54) is 18.2 Å². The van der Waals surface area contributed by atoms with Gasteiger partial charge in [-0.2, -0.15) is 0 Å². The van der Waals surface area contributed by atoms with Gasteiger partial charge in [0.2, 0.25) is 11.8 Å². The number of nitrogens with one attached hydrogen (secondary N) is 1. The van der Waals surface area contributed by atoms with E-state index in [1.54, 1.807) is 9.80 Å². The fraction of sp³-hybridized carbons (Fsp3) is 0.312. The van der Waals surface area contributed by atoms with Crippen LogP contribution in [0.4, 0.5) is 8.78 Å². The molecule has 0 aliphatic carbocycles. The molecule has 3 aliphatic heterocycles. The van der Waals surface area contributed by atoms with Gasteiger partial charge < -0.3 is 14.8 Å². The van der Waals surface area contributed by atoms with Crippen LogP contribution >= 0.6 is 11.6 Å². The van der Waals surface area contributed by atoms with Crippen LogP contribution in [-0.4, -0.2) is 63.2 Å². The van der Waals surface area contributed by atoms with Gasteiger partial charge in [0.05, 0.1) is 6.04 Å². The number of H-pyrrole nitrogens is 1. The number of likely N-dealkylation sites (tertiary alicyclic amines) is 1. The Bertz CT molecular complexity index is 1630. The number of carbonyl (C=O) groups is 2. The molecule has 2 amide bonds. The van der Waals surface area contributed by atoms with Crippen molar-refractivity contribution in [2.45, 2.75) is 43.9 Å². The van der Waals surface area contributed by atoms with Crippen LogP contribution in [0.1, 0.15) is 41.3 Å². The normalized spacial score (nSPS) is 21.8. The Hall–Kier alpha value is -3.75. The first-order valence-electron chi connectivity index (χ1n) is 14.0. The zero-order valence-electron chi connectivity index (χ0n) is 22.3. The van der Waals surface area contributed by atoms with Crippen molar-refractivity contribution >= 4 is 34.3 Å². The van der Waals surface area contributed by atoms with Gasteiger partial charge in [-0.25, -0.2) is 8.78 Å². The zero-order chi connectivity index (χ0) is 28.2. The number of benzene rings is 3. The number of piperidine rings is 1. The molecule has 0 saturated carbocycles. The fourth-order valence-electron chi connectivity index (χ4n) is 6.88. The van der Waals surface area contributed by atoms with Gasteiger partial charge in [-0.05, 0) is 54.3 Å². The lowest BCUT2D eigenvalue weighted by atomic mass is 9.85. The smallest absolute Gasteiger partial charge is 0.246 e. The molecule has 1 N–H and O–H groups in total. The van der Waals surface area contributed by atoms with E-state index in [0.717, 1.165) is 27.7 Å². The van der Waals surface area contributed by atoms with Crippen molar-refractivity contribution in [3.8, 4) is 0 Å². The number of carbonyl (C=O) groups excluding carboxylic acids is 2. The summed E-state index contributed by atoms with van der Waals surface area (Å²) in [7, 11) is 0. The summed E-state index contributed by atoms with van der Waals surface area (Å²) >= 11 is 6.19. The molecule has 2 fully saturated rings. The Morgan fingerprint density at radius 2 is 1.61 bits per heavy atom. The van der Waals surface area contributed by atoms with Gasteiger partial charge in [-0.3, -0.25) is 14.5 Å². The second-order valence-electron chi connectivity index (χ2n) is 11.2. The van der Waals surface area contributed by atoms with Crippen LogP contribution in [0, 0.1) is 11.6 Å². The summed E-state index contributed by atoms with van der Waals surface area (Å²) in [5.41, 5.74) is 3.94. The third-order valence-corrected chi connectivity index (χ3v) is 9.17. The highest BCUT2D eigenvalue weighted by Crippen LogP contribution is 2.43. The number of fused-ring (bicyclic) bond motifs is 4. The standard InChI is InChI=1S/C32H29ClF2N4O2/c33-20-10-8-19(9-11-20)31-30-23(22-4-1-2-7-27(22)36-30)16-28-32(41)38(18-29(40)39(28)31)21-12-14-37(15-13-21)17-24-25(34)5-3-6-26(24)35/h1-11,21,28,31,36H,12-18H2/t28-,31+/m0/s1. The predicted molar refractivity (Wildman–Crippen MR) is 152 cm³/mol. The molecule has 3 aromatic carbocycles. The largest absolute Gasteiger partial charge is 0.356 e. The molecule has 0 unspecified atom stereocenters. The first kappa shape index (κ1) is 26.2. The molecule has 0 bridgehead atoms. The lowest BCUT2D eigenvalue weighted by Gasteiger charge is -2.49. The average Bonchev–Trinajstić information content (AvgIpc) is 3.35. The fourth-order valence-corrected chi connectivity index (χ4v) is 7.01. The molecule has 4 aromatic rings. The van der Waals surface area contributed by atoms with E-state index in [4.69, 9.17) is 11.6 Å². The van der Waals surface area contributed by atoms with Crippen LogP contribution in [-0.2, 0) is 22.6 Å². The Morgan fingerprint density at radius 3 is 2.34 bits per heavy atom. The van der Waals surface area contributed by atoms with E-state index in [1.807, 2.05) is 47.4 Å². The summed E-state index contributed by atoms with van der Waals surface area (Å²) in [5.74, 6) is -1.23. The van der Waals surface area contributed by atoms with Gasteiger partial charge in [-0.1, -0.05) is 48.0 Å². The summed E-state index contributed by atoms with van der Waals surface area (Å²) in [5, 5.41) is 1.67. The maximum Gasteiger partial charge on any atom is 0.246 e. The van der Waals surface area contributed by atoms with Crippen molar-refractivity contribution in [1.29, 1.82) is 0 Å². The minimum Gasteiger partial charge on any atom is -0.356 e. The average molecular weight is 575 g/mol. The molecule has 3 aliphatic rings. The number of halogens is 3. The molecule has 210 valence electrons. The van der Waals surface area contributed by atoms with E-state index < -0.39 is 23.7 Å². The van der Waals surface area contributed by atoms with Crippen LogP contribution < -0.4 is 0 Å². The van der Waals surface area contributed by atoms with Crippen molar-refractivity contribution in [2.24, 2.45) is 0 Å². The molecule has 2 saturated heterocycles. The third kappa shape index (κ3) is 4.50. The van der Waals surface area contributed by atoms with E-state index in [9.17, 15) is 18.4 Å². The first-order chi connectivity index (χ1) is 19.9. The van der Waals surface area contributed by atoms with E-state index in [0.29, 0.717) is 37.4 Å². The van der Waals surface area contributed by atoms with E-state index >= 15 is 0 Å². The number of para-hydroxylation sites is 1. The monoisotopic (exact) mass is 574 g/mol. The molecule has 2 atom stereocenters. The van der Waals surface area contributed by atoms with Gasteiger partial charge in [-0.15, -0.1) is 0 Å². The molecule has 0 radical (unpaired) electrons. The highest BCUT2D eigenvalue weighted by molar-refractivity contribution is 6.30. The first-order valence-corrected chi connectivity index (χ1v) is 14.4. The summed E-state index contributed by atoms with van der Waals surface area (Å²) in [6.07, 6.45) is 1.72. The van der Waals surface area contributed by atoms with Crippen LogP contribution in [0.25, 0.3) is 10.9 Å². The summed E-state index contributed by atoms with van der Waals surface area (Å²) in [4.78, 5) is 37.1. The molecular weight excluding hydrogens is 546 g/mol. The molecule has 0 spiro atoms. The Morgan fingerprint density at radius 1 is 0.902 bits per heavy atom. The van der Waals surface area contributed by atoms with Gasteiger partial charge >= 0.3 is 0 Å². The van der Waals surface area contributed by atoms with E-state index in [2.05, 4.69) is 11.1 Å². The van der Waals surface area contributed by atoms with Gasteiger partial charge in [0.15, 0.2) is 0 Å². The maximum absolute atomic E-state index is 14.2. The highest BCUT2D eigenvalue weighted by atomic mass is 35.5. The highest BCUT2D eigenvalue weighted by Gasteiger charge is 2.49. The summed E-state index contributed by atoms with van der Waals surface area (Å²) < 4.78 is 28.4. The van der Waals surface area contributed by atoms with Crippen molar-refractivity contribution in [2.75, 3.05) is 19.6 Å². The minimum absolute atomic E-state index is 0.0155. The zero-order valence-corrected chi connectivity index (χ0v) is 23.1. The van der Waals surface area contributed by atoms with Gasteiger partial charge in [0.1, 0.15) is 24.2 Å². The molecular formula is C32H29ClF2N4O2. The van der Waals surface area contributed by atoms with Crippen molar-refractivity contribution in [1.82, 2.24) is 19.7 Å². The second-order valence-corrected chi connectivity index (χ2v) is 11.6. The van der Waals surface area contributed by atoms with Crippen LogP contribution in [0.2, 0.25) is 5.02 Å². The Kier molecular flexibility index (Phi) is 6.55. The topological polar surface area (TPSA) is 59.7 Å². The predicted octanol–water partition coefficient (Wildman–Crippen LogP) is 5.45. The van der Waals surface area contributed by atoms with Crippen molar-refractivity contribution < 1.29 is 18.4 Å². The lowest BCUT2D eigenvalue weighted by molar-refractivity contribution is -0.161. The molecule has 1 aromatic heterocycles. The van der Waals surface area contributed by atoms with Gasteiger partial charge in [0, 0.05) is 59.3 Å². The van der Waals surface area contributed by atoms with Crippen LogP contribution in [0.5, 0.6) is 0 Å².